The third-order valence-electron chi connectivity index (χ3n) is 6.43. The van der Waals surface area contributed by atoms with Crippen LogP contribution < -0.4 is 16.0 Å². The maximum atomic E-state index is 13.1. The van der Waals surface area contributed by atoms with Gasteiger partial charge in [0.25, 0.3) is 0 Å². The smallest absolute Gasteiger partial charge is 0.326 e. The van der Waals surface area contributed by atoms with Gasteiger partial charge in [-0.2, -0.15) is 11.8 Å². The molecule has 4 atom stereocenters. The van der Waals surface area contributed by atoms with Crippen molar-refractivity contribution >= 4 is 35.5 Å². The Morgan fingerprint density at radius 3 is 2.49 bits per heavy atom. The number of rotatable bonds is 11. The van der Waals surface area contributed by atoms with Crippen LogP contribution in [-0.4, -0.2) is 88.1 Å². The first-order chi connectivity index (χ1) is 16.8. The third-order valence-corrected chi connectivity index (χ3v) is 7.08. The minimum absolute atomic E-state index is 0.0316. The second kappa shape index (κ2) is 12.8. The van der Waals surface area contributed by atoms with Gasteiger partial charge in [-0.05, 0) is 68.4 Å². The summed E-state index contributed by atoms with van der Waals surface area (Å²) >= 11 is 1.51. The summed E-state index contributed by atoms with van der Waals surface area (Å²) in [7, 11) is 0. The zero-order chi connectivity index (χ0) is 25.4. The highest BCUT2D eigenvalue weighted by molar-refractivity contribution is 7.98. The normalized spacial score (nSPS) is 21.3. The Labute approximate surface area is 209 Å². The first kappa shape index (κ1) is 26.8. The maximum absolute atomic E-state index is 13.1. The molecule has 2 aliphatic heterocycles. The van der Waals surface area contributed by atoms with E-state index in [1.807, 2.05) is 6.26 Å². The number of carboxylic acids is 1. The maximum Gasteiger partial charge on any atom is 0.326 e. The molecule has 3 rings (SSSR count). The first-order valence-electron chi connectivity index (χ1n) is 11.9. The van der Waals surface area contributed by atoms with Crippen molar-refractivity contribution < 1.29 is 29.4 Å². The minimum Gasteiger partial charge on any atom is -0.508 e. The number of nitrogens with zero attached hydrogens (tertiary/aromatic N) is 1. The van der Waals surface area contributed by atoms with Crippen LogP contribution in [0.4, 0.5) is 0 Å². The number of nitrogens with one attached hydrogen (secondary N) is 3. The summed E-state index contributed by atoms with van der Waals surface area (Å²) in [6, 6.07) is 3.07. The van der Waals surface area contributed by atoms with Crippen molar-refractivity contribution in [1.29, 1.82) is 0 Å². The Balaban J connectivity index is 1.65. The number of aliphatic carboxylic acids is 1. The standard InChI is InChI=1S/C24H34N4O6S/c1-35-13-10-17(21(30)27-19(24(33)34)14-15-6-8-16(29)9-7-15)26-22(31)20-5-3-12-28(20)23(32)18-4-2-11-25-18/h6-9,17-20,25,29H,2-5,10-14H2,1H3,(H,26,31)(H,27,30)(H,33,34). The molecular formula is C24H34N4O6S. The number of hydrogen-bond acceptors (Lipinski definition) is 7. The molecular weight excluding hydrogens is 472 g/mol. The van der Waals surface area contributed by atoms with Crippen LogP contribution in [0.5, 0.6) is 5.75 Å². The molecule has 1 aromatic rings. The highest BCUT2D eigenvalue weighted by atomic mass is 32.2. The average molecular weight is 507 g/mol. The quantitative estimate of drug-likeness (QED) is 0.291. The Hall–Kier alpha value is -2.79. The van der Waals surface area contributed by atoms with Crippen LogP contribution in [-0.2, 0) is 25.6 Å². The van der Waals surface area contributed by atoms with Crippen LogP contribution in [0.1, 0.15) is 37.7 Å². The summed E-state index contributed by atoms with van der Waals surface area (Å²) in [6.45, 7) is 1.29. The Morgan fingerprint density at radius 1 is 1.11 bits per heavy atom. The number of carbonyl (C=O) groups excluding carboxylic acids is 3. The van der Waals surface area contributed by atoms with Crippen molar-refractivity contribution in [3.63, 3.8) is 0 Å². The number of thioether (sulfide) groups is 1. The van der Waals surface area contributed by atoms with Gasteiger partial charge in [0.15, 0.2) is 0 Å². The van der Waals surface area contributed by atoms with E-state index in [-0.39, 0.29) is 30.0 Å². The molecule has 4 unspecified atom stereocenters. The molecule has 2 heterocycles. The van der Waals surface area contributed by atoms with Gasteiger partial charge in [0, 0.05) is 13.0 Å². The highest BCUT2D eigenvalue weighted by Crippen LogP contribution is 2.21. The monoisotopic (exact) mass is 506 g/mol. The summed E-state index contributed by atoms with van der Waals surface area (Å²) in [6.07, 6.45) is 5.16. The van der Waals surface area contributed by atoms with E-state index < -0.39 is 30.0 Å². The number of hydrogen-bond donors (Lipinski definition) is 5. The Kier molecular flexibility index (Phi) is 9.79. The Bertz CT molecular complexity index is 906. The molecule has 11 heteroatoms. The van der Waals surface area contributed by atoms with E-state index in [1.54, 1.807) is 17.0 Å². The largest absolute Gasteiger partial charge is 0.508 e. The lowest BCUT2D eigenvalue weighted by Gasteiger charge is -2.28. The molecule has 0 bridgehead atoms. The molecule has 0 aromatic heterocycles. The molecule has 2 fully saturated rings. The van der Waals surface area contributed by atoms with Crippen LogP contribution in [0.15, 0.2) is 24.3 Å². The number of amides is 3. The van der Waals surface area contributed by atoms with Gasteiger partial charge in [0.2, 0.25) is 17.7 Å². The summed E-state index contributed by atoms with van der Waals surface area (Å²) in [5, 5.41) is 27.6. The number of carbonyl (C=O) groups is 4. The van der Waals surface area contributed by atoms with Crippen LogP contribution >= 0.6 is 11.8 Å². The molecule has 0 saturated carbocycles. The molecule has 35 heavy (non-hydrogen) atoms. The van der Waals surface area contributed by atoms with Gasteiger partial charge in [0.1, 0.15) is 23.9 Å². The summed E-state index contributed by atoms with van der Waals surface area (Å²) < 4.78 is 0. The van der Waals surface area contributed by atoms with Crippen LogP contribution in [0.3, 0.4) is 0 Å². The minimum atomic E-state index is -1.20. The predicted octanol–water partition coefficient (Wildman–Crippen LogP) is 0.485. The SMILES string of the molecule is CSCCC(NC(=O)C1CCCN1C(=O)C1CCCN1)C(=O)NC(Cc1ccc(O)cc1)C(=O)O. The van der Waals surface area contributed by atoms with Crippen molar-refractivity contribution in [2.24, 2.45) is 0 Å². The average Bonchev–Trinajstić information content (AvgIpc) is 3.54. The fraction of sp³-hybridized carbons (Fsp3) is 0.583. The number of phenols is 1. The molecule has 0 spiro atoms. The van der Waals surface area contributed by atoms with E-state index in [0.717, 1.165) is 19.4 Å². The van der Waals surface area contributed by atoms with Gasteiger partial charge in [0.05, 0.1) is 6.04 Å². The number of carboxylic acid groups (broad SMARTS) is 1. The molecule has 5 N–H and O–H groups in total. The second-order valence-electron chi connectivity index (χ2n) is 8.95. The van der Waals surface area contributed by atoms with E-state index in [0.29, 0.717) is 37.1 Å². The molecule has 0 aliphatic carbocycles. The molecule has 2 aliphatic rings. The van der Waals surface area contributed by atoms with Crippen molar-refractivity contribution in [1.82, 2.24) is 20.9 Å². The first-order valence-corrected chi connectivity index (χ1v) is 13.3. The zero-order valence-corrected chi connectivity index (χ0v) is 20.7. The van der Waals surface area contributed by atoms with Crippen LogP contribution in [0, 0.1) is 0 Å². The van der Waals surface area contributed by atoms with Crippen molar-refractivity contribution in [3.8, 4) is 5.75 Å². The summed E-state index contributed by atoms with van der Waals surface area (Å²) in [4.78, 5) is 52.5. The lowest BCUT2D eigenvalue weighted by molar-refractivity contribution is -0.143. The molecule has 0 radical (unpaired) electrons. The van der Waals surface area contributed by atoms with Crippen LogP contribution in [0.2, 0.25) is 0 Å². The molecule has 192 valence electrons. The highest BCUT2D eigenvalue weighted by Gasteiger charge is 2.39. The van der Waals surface area contributed by atoms with Gasteiger partial charge in [-0.15, -0.1) is 0 Å². The van der Waals surface area contributed by atoms with E-state index in [2.05, 4.69) is 16.0 Å². The van der Waals surface area contributed by atoms with E-state index in [1.165, 1.54) is 23.9 Å². The molecule has 3 amide bonds. The fourth-order valence-electron chi connectivity index (χ4n) is 4.51. The van der Waals surface area contributed by atoms with Gasteiger partial charge >= 0.3 is 5.97 Å². The van der Waals surface area contributed by atoms with Crippen LogP contribution in [0.25, 0.3) is 0 Å². The predicted molar refractivity (Wildman–Crippen MR) is 132 cm³/mol. The van der Waals surface area contributed by atoms with Crippen molar-refractivity contribution in [3.05, 3.63) is 29.8 Å². The second-order valence-corrected chi connectivity index (χ2v) is 9.94. The van der Waals surface area contributed by atoms with E-state index >= 15 is 0 Å². The van der Waals surface area contributed by atoms with E-state index in [4.69, 9.17) is 0 Å². The zero-order valence-electron chi connectivity index (χ0n) is 19.9. The third kappa shape index (κ3) is 7.35. The fourth-order valence-corrected chi connectivity index (χ4v) is 4.98. The van der Waals surface area contributed by atoms with Gasteiger partial charge in [-0.25, -0.2) is 4.79 Å². The lowest BCUT2D eigenvalue weighted by atomic mass is 10.0. The van der Waals surface area contributed by atoms with Gasteiger partial charge < -0.3 is 31.1 Å². The summed E-state index contributed by atoms with van der Waals surface area (Å²) in [5.41, 5.74) is 0.640. The van der Waals surface area contributed by atoms with Crippen molar-refractivity contribution in [2.75, 3.05) is 25.1 Å². The number of likely N-dealkylation sites (tertiary alicyclic amines) is 1. The summed E-state index contributed by atoms with van der Waals surface area (Å²) in [5.74, 6) is -1.59. The molecule has 10 nitrogen and oxygen atoms in total. The Morgan fingerprint density at radius 2 is 1.86 bits per heavy atom. The van der Waals surface area contributed by atoms with E-state index in [9.17, 15) is 29.4 Å². The molecule has 2 saturated heterocycles. The topological polar surface area (TPSA) is 148 Å². The number of aromatic hydroxyl groups is 1. The van der Waals surface area contributed by atoms with Gasteiger partial charge in [-0.1, -0.05) is 12.1 Å². The number of benzene rings is 1. The lowest BCUT2D eigenvalue weighted by Crippen LogP contribution is -2.56. The number of phenolic OH excluding ortho intramolecular Hbond substituents is 1. The van der Waals surface area contributed by atoms with Gasteiger partial charge in [-0.3, -0.25) is 14.4 Å². The molecule has 1 aromatic carbocycles. The van der Waals surface area contributed by atoms with Crippen molar-refractivity contribution in [2.45, 2.75) is 62.7 Å².